The van der Waals surface area contributed by atoms with E-state index in [9.17, 15) is 9.18 Å². The number of halogens is 1. The van der Waals surface area contributed by atoms with Crippen LogP contribution >= 0.6 is 0 Å². The minimum Gasteiger partial charge on any atom is -0.302 e. The number of aryl methyl sites for hydroxylation is 1. The molecule has 0 aliphatic carbocycles. The summed E-state index contributed by atoms with van der Waals surface area (Å²) in [5.41, 5.74) is 2.36. The van der Waals surface area contributed by atoms with Crippen molar-refractivity contribution >= 4 is 6.29 Å². The molecular formula is C15H13FO. The first-order valence-corrected chi connectivity index (χ1v) is 5.48. The number of benzene rings is 2. The zero-order valence-electron chi connectivity index (χ0n) is 9.56. The van der Waals surface area contributed by atoms with Crippen LogP contribution in [0.15, 0.2) is 48.5 Å². The highest BCUT2D eigenvalue weighted by Crippen LogP contribution is 2.25. The van der Waals surface area contributed by atoms with Crippen LogP contribution in [0.2, 0.25) is 0 Å². The molecule has 0 amide bonds. The molecule has 0 fully saturated rings. The van der Waals surface area contributed by atoms with Crippen molar-refractivity contribution in [1.82, 2.24) is 0 Å². The van der Waals surface area contributed by atoms with Gasteiger partial charge in [-0.2, -0.15) is 0 Å². The van der Waals surface area contributed by atoms with E-state index < -0.39 is 5.92 Å². The highest BCUT2D eigenvalue weighted by molar-refractivity contribution is 5.68. The lowest BCUT2D eigenvalue weighted by atomic mass is 9.92. The first-order chi connectivity index (χ1) is 8.22. The molecule has 1 atom stereocenters. The van der Waals surface area contributed by atoms with E-state index in [0.29, 0.717) is 5.56 Å². The second-order valence-corrected chi connectivity index (χ2v) is 4.05. The third kappa shape index (κ3) is 2.41. The minimum atomic E-state index is -0.531. The molecule has 0 N–H and O–H groups in total. The van der Waals surface area contributed by atoms with Crippen molar-refractivity contribution in [3.05, 3.63) is 71.0 Å². The molecule has 0 aliphatic heterocycles. The van der Waals surface area contributed by atoms with E-state index in [1.165, 1.54) is 6.07 Å². The average Bonchev–Trinajstić information content (AvgIpc) is 2.35. The Balaban J connectivity index is 2.44. The Labute approximate surface area is 99.9 Å². The Morgan fingerprint density at radius 3 is 2.29 bits per heavy atom. The Bertz CT molecular complexity index is 517. The van der Waals surface area contributed by atoms with E-state index in [4.69, 9.17) is 0 Å². The van der Waals surface area contributed by atoms with Gasteiger partial charge in [-0.25, -0.2) is 4.39 Å². The summed E-state index contributed by atoms with van der Waals surface area (Å²) in [6.45, 7) is 1.97. The lowest BCUT2D eigenvalue weighted by molar-refractivity contribution is -0.108. The maximum atomic E-state index is 13.6. The van der Waals surface area contributed by atoms with Crippen molar-refractivity contribution in [2.24, 2.45) is 0 Å². The van der Waals surface area contributed by atoms with Gasteiger partial charge in [-0.1, -0.05) is 48.0 Å². The number of aldehydes is 1. The molecule has 2 aromatic rings. The maximum absolute atomic E-state index is 13.6. The molecule has 0 saturated heterocycles. The fraction of sp³-hybridized carbons (Fsp3) is 0.133. The van der Waals surface area contributed by atoms with Crippen LogP contribution in [-0.4, -0.2) is 6.29 Å². The van der Waals surface area contributed by atoms with Crippen molar-refractivity contribution in [3.8, 4) is 0 Å². The van der Waals surface area contributed by atoms with Crippen LogP contribution in [0, 0.1) is 12.7 Å². The standard InChI is InChI=1S/C15H13FO/c1-11-6-8-12(9-7-11)14(10-17)13-4-2-3-5-15(13)16/h2-10,14H,1H3. The monoisotopic (exact) mass is 228 g/mol. The summed E-state index contributed by atoms with van der Waals surface area (Å²) in [4.78, 5) is 11.2. The smallest absolute Gasteiger partial charge is 0.131 e. The van der Waals surface area contributed by atoms with Gasteiger partial charge in [0.1, 0.15) is 12.1 Å². The van der Waals surface area contributed by atoms with Crippen LogP contribution in [0.3, 0.4) is 0 Å². The lowest BCUT2D eigenvalue weighted by Gasteiger charge is -2.12. The molecule has 2 heteroatoms. The molecule has 0 aliphatic rings. The molecular weight excluding hydrogens is 215 g/mol. The van der Waals surface area contributed by atoms with E-state index in [2.05, 4.69) is 0 Å². The molecule has 0 radical (unpaired) electrons. The number of rotatable bonds is 3. The lowest BCUT2D eigenvalue weighted by Crippen LogP contribution is -2.04. The molecule has 86 valence electrons. The summed E-state index contributed by atoms with van der Waals surface area (Å²) < 4.78 is 13.6. The van der Waals surface area contributed by atoms with Crippen molar-refractivity contribution in [2.75, 3.05) is 0 Å². The zero-order valence-corrected chi connectivity index (χ0v) is 9.56. The van der Waals surface area contributed by atoms with Gasteiger partial charge in [0.2, 0.25) is 0 Å². The quantitative estimate of drug-likeness (QED) is 0.735. The van der Waals surface area contributed by atoms with Gasteiger partial charge in [-0.3, -0.25) is 0 Å². The van der Waals surface area contributed by atoms with Crippen molar-refractivity contribution < 1.29 is 9.18 Å². The van der Waals surface area contributed by atoms with Gasteiger partial charge in [0.05, 0.1) is 5.92 Å². The molecule has 0 bridgehead atoms. The Hall–Kier alpha value is -1.96. The Kier molecular flexibility index (Phi) is 3.33. The maximum Gasteiger partial charge on any atom is 0.131 e. The average molecular weight is 228 g/mol. The predicted octanol–water partition coefficient (Wildman–Crippen LogP) is 3.46. The molecule has 2 rings (SSSR count). The van der Waals surface area contributed by atoms with Gasteiger partial charge in [0, 0.05) is 5.56 Å². The third-order valence-corrected chi connectivity index (χ3v) is 2.81. The molecule has 0 heterocycles. The molecule has 0 saturated carbocycles. The first-order valence-electron chi connectivity index (χ1n) is 5.48. The summed E-state index contributed by atoms with van der Waals surface area (Å²) in [6, 6.07) is 14.0. The number of carbonyl (C=O) groups excluding carboxylic acids is 1. The van der Waals surface area contributed by atoms with E-state index >= 15 is 0 Å². The molecule has 1 nitrogen and oxygen atoms in total. The van der Waals surface area contributed by atoms with Crippen molar-refractivity contribution in [1.29, 1.82) is 0 Å². The Morgan fingerprint density at radius 1 is 1.06 bits per heavy atom. The van der Waals surface area contributed by atoms with Gasteiger partial charge in [-0.15, -0.1) is 0 Å². The summed E-state index contributed by atoms with van der Waals surface area (Å²) >= 11 is 0. The van der Waals surface area contributed by atoms with Gasteiger partial charge < -0.3 is 4.79 Å². The number of hydrogen-bond acceptors (Lipinski definition) is 1. The normalized spacial score (nSPS) is 12.1. The van der Waals surface area contributed by atoms with Gasteiger partial charge in [-0.05, 0) is 18.6 Å². The van der Waals surface area contributed by atoms with Crippen LogP contribution in [0.4, 0.5) is 4.39 Å². The number of hydrogen-bond donors (Lipinski definition) is 0. The van der Waals surface area contributed by atoms with Crippen molar-refractivity contribution in [2.45, 2.75) is 12.8 Å². The molecule has 17 heavy (non-hydrogen) atoms. The summed E-state index contributed by atoms with van der Waals surface area (Å²) in [5.74, 6) is -0.873. The predicted molar refractivity (Wildman–Crippen MR) is 65.5 cm³/mol. The van der Waals surface area contributed by atoms with Gasteiger partial charge in [0.15, 0.2) is 0 Å². The first kappa shape index (κ1) is 11.5. The second kappa shape index (κ2) is 4.91. The molecule has 0 aromatic heterocycles. The number of carbonyl (C=O) groups is 1. The minimum absolute atomic E-state index is 0.342. The summed E-state index contributed by atoms with van der Waals surface area (Å²) in [5, 5.41) is 0. The molecule has 1 unspecified atom stereocenters. The molecule has 2 aromatic carbocycles. The van der Waals surface area contributed by atoms with Crippen LogP contribution in [0.1, 0.15) is 22.6 Å². The van der Waals surface area contributed by atoms with Gasteiger partial charge >= 0.3 is 0 Å². The fourth-order valence-electron chi connectivity index (χ4n) is 1.83. The summed E-state index contributed by atoms with van der Waals surface area (Å²) in [7, 11) is 0. The van der Waals surface area contributed by atoms with E-state index in [-0.39, 0.29) is 5.82 Å². The molecule has 0 spiro atoms. The topological polar surface area (TPSA) is 17.1 Å². The SMILES string of the molecule is Cc1ccc(C(C=O)c2ccccc2F)cc1. The highest BCUT2D eigenvalue weighted by atomic mass is 19.1. The third-order valence-electron chi connectivity index (χ3n) is 2.81. The highest BCUT2D eigenvalue weighted by Gasteiger charge is 2.16. The van der Waals surface area contributed by atoms with Crippen molar-refractivity contribution in [3.63, 3.8) is 0 Å². The fourth-order valence-corrected chi connectivity index (χ4v) is 1.83. The van der Waals surface area contributed by atoms with E-state index in [1.54, 1.807) is 18.2 Å². The van der Waals surface area contributed by atoms with Crippen LogP contribution < -0.4 is 0 Å². The zero-order chi connectivity index (χ0) is 12.3. The van der Waals surface area contributed by atoms with Gasteiger partial charge in [0.25, 0.3) is 0 Å². The van der Waals surface area contributed by atoms with Crippen LogP contribution in [0.25, 0.3) is 0 Å². The summed E-state index contributed by atoms with van der Waals surface area (Å²) in [6.07, 6.45) is 0.781. The second-order valence-electron chi connectivity index (χ2n) is 4.05. The van der Waals surface area contributed by atoms with E-state index in [1.807, 2.05) is 31.2 Å². The van der Waals surface area contributed by atoms with E-state index in [0.717, 1.165) is 17.4 Å². The largest absolute Gasteiger partial charge is 0.302 e. The van der Waals surface area contributed by atoms with Crippen LogP contribution in [-0.2, 0) is 4.79 Å². The Morgan fingerprint density at radius 2 is 1.71 bits per heavy atom. The van der Waals surface area contributed by atoms with Crippen LogP contribution in [0.5, 0.6) is 0 Å².